The van der Waals surface area contributed by atoms with E-state index in [4.69, 9.17) is 8.94 Å². The number of aromatic nitrogens is 6. The smallest absolute Gasteiger partial charge is 0.238 e. The van der Waals surface area contributed by atoms with E-state index in [2.05, 4.69) is 25.7 Å². The molecular formula is C13H13N7O3S. The van der Waals surface area contributed by atoms with E-state index in [1.165, 1.54) is 16.4 Å². The monoisotopic (exact) mass is 347 g/mol. The lowest BCUT2D eigenvalue weighted by Gasteiger charge is -2.36. The Labute approximate surface area is 140 Å². The van der Waals surface area contributed by atoms with Gasteiger partial charge in [0.25, 0.3) is 0 Å². The summed E-state index contributed by atoms with van der Waals surface area (Å²) in [7, 11) is 1.73. The number of hydrogen-bond acceptors (Lipinski definition) is 9. The highest BCUT2D eigenvalue weighted by Gasteiger charge is 2.35. The van der Waals surface area contributed by atoms with Crippen LogP contribution < -0.4 is 0 Å². The minimum absolute atomic E-state index is 0.0324. The van der Waals surface area contributed by atoms with Crippen molar-refractivity contribution in [3.63, 3.8) is 0 Å². The van der Waals surface area contributed by atoms with Gasteiger partial charge in [0.2, 0.25) is 22.8 Å². The maximum Gasteiger partial charge on any atom is 0.238 e. The molecule has 1 aliphatic heterocycles. The minimum atomic E-state index is 0.0324. The molecule has 1 amide bonds. The van der Waals surface area contributed by atoms with Crippen LogP contribution in [0.15, 0.2) is 32.5 Å². The van der Waals surface area contributed by atoms with Gasteiger partial charge >= 0.3 is 0 Å². The Morgan fingerprint density at radius 3 is 3.04 bits per heavy atom. The first-order valence-corrected chi connectivity index (χ1v) is 8.19. The lowest BCUT2D eigenvalue weighted by molar-refractivity contribution is -0.133. The van der Waals surface area contributed by atoms with Crippen LogP contribution in [-0.2, 0) is 11.8 Å². The summed E-state index contributed by atoms with van der Waals surface area (Å²) in [4.78, 5) is 18.2. The molecule has 3 aromatic heterocycles. The van der Waals surface area contributed by atoms with E-state index in [9.17, 15) is 4.79 Å². The third kappa shape index (κ3) is 2.77. The summed E-state index contributed by atoms with van der Waals surface area (Å²) in [5, 5.41) is 15.6. The van der Waals surface area contributed by atoms with Gasteiger partial charge in [-0.3, -0.25) is 4.79 Å². The first-order chi connectivity index (χ1) is 11.7. The van der Waals surface area contributed by atoms with Gasteiger partial charge in [-0.1, -0.05) is 16.9 Å². The van der Waals surface area contributed by atoms with Gasteiger partial charge in [0.1, 0.15) is 0 Å². The molecule has 0 aliphatic carbocycles. The van der Waals surface area contributed by atoms with Crippen molar-refractivity contribution in [1.82, 2.24) is 35.2 Å². The van der Waals surface area contributed by atoms with Crippen molar-refractivity contribution >= 4 is 17.7 Å². The Kier molecular flexibility index (Phi) is 3.76. The van der Waals surface area contributed by atoms with Crippen molar-refractivity contribution in [2.24, 2.45) is 7.05 Å². The van der Waals surface area contributed by atoms with Gasteiger partial charge in [-0.15, -0.1) is 5.10 Å². The average Bonchev–Trinajstić information content (AvgIpc) is 3.25. The number of tetrazole rings is 1. The zero-order chi connectivity index (χ0) is 16.5. The zero-order valence-electron chi connectivity index (χ0n) is 12.7. The number of amides is 1. The fraction of sp³-hybridized carbons (Fsp3) is 0.385. The van der Waals surface area contributed by atoms with E-state index < -0.39 is 0 Å². The second kappa shape index (κ2) is 6.07. The van der Waals surface area contributed by atoms with Crippen molar-refractivity contribution in [3.05, 3.63) is 24.3 Å². The fourth-order valence-corrected chi connectivity index (χ4v) is 3.06. The average molecular weight is 347 g/mol. The van der Waals surface area contributed by atoms with Crippen LogP contribution in [0.25, 0.3) is 11.6 Å². The van der Waals surface area contributed by atoms with Crippen LogP contribution in [0.2, 0.25) is 0 Å². The molecule has 0 spiro atoms. The predicted molar refractivity (Wildman–Crippen MR) is 80.8 cm³/mol. The number of furan rings is 1. The van der Waals surface area contributed by atoms with Crippen molar-refractivity contribution in [2.75, 3.05) is 18.8 Å². The standard InChI is InChI=1S/C13H13N7O3S/c1-19-13(15-17-18-19)24-7-10(21)20-5-8(6-20)12-14-11(16-23-12)9-3-2-4-22-9/h2-4,8H,5-7H2,1H3. The summed E-state index contributed by atoms with van der Waals surface area (Å²) >= 11 is 1.31. The van der Waals surface area contributed by atoms with Gasteiger partial charge in [-0.2, -0.15) is 4.98 Å². The maximum atomic E-state index is 12.1. The van der Waals surface area contributed by atoms with Crippen LogP contribution >= 0.6 is 11.8 Å². The summed E-state index contributed by atoms with van der Waals surface area (Å²) < 4.78 is 12.0. The van der Waals surface area contributed by atoms with E-state index in [0.29, 0.717) is 41.5 Å². The molecule has 0 radical (unpaired) electrons. The molecule has 0 atom stereocenters. The van der Waals surface area contributed by atoms with E-state index in [1.54, 1.807) is 30.3 Å². The fourth-order valence-electron chi connectivity index (χ4n) is 2.31. The summed E-state index contributed by atoms with van der Waals surface area (Å²) in [6, 6.07) is 3.53. The molecule has 4 heterocycles. The SMILES string of the molecule is Cn1nnnc1SCC(=O)N1CC(c2nc(-c3ccco3)no2)C1. The Morgan fingerprint density at radius 1 is 1.46 bits per heavy atom. The quantitative estimate of drug-likeness (QED) is 0.611. The number of hydrogen-bond donors (Lipinski definition) is 0. The molecule has 11 heteroatoms. The molecule has 3 aromatic rings. The highest BCUT2D eigenvalue weighted by Crippen LogP contribution is 2.28. The number of rotatable bonds is 5. The number of carbonyl (C=O) groups is 1. The van der Waals surface area contributed by atoms with Gasteiger partial charge in [-0.05, 0) is 22.6 Å². The highest BCUT2D eigenvalue weighted by molar-refractivity contribution is 7.99. The van der Waals surface area contributed by atoms with Crippen molar-refractivity contribution < 1.29 is 13.7 Å². The van der Waals surface area contributed by atoms with E-state index in [1.807, 2.05) is 0 Å². The third-order valence-electron chi connectivity index (χ3n) is 3.67. The molecule has 24 heavy (non-hydrogen) atoms. The third-order valence-corrected chi connectivity index (χ3v) is 4.67. The van der Waals surface area contributed by atoms with Crippen LogP contribution in [-0.4, -0.2) is 60.0 Å². The van der Waals surface area contributed by atoms with Crippen LogP contribution in [0.3, 0.4) is 0 Å². The Balaban J connectivity index is 1.30. The normalized spacial score (nSPS) is 14.8. The van der Waals surface area contributed by atoms with E-state index in [0.717, 1.165) is 0 Å². The number of likely N-dealkylation sites (tertiary alicyclic amines) is 1. The topological polar surface area (TPSA) is 116 Å². The molecule has 0 saturated carbocycles. The first-order valence-electron chi connectivity index (χ1n) is 7.21. The van der Waals surface area contributed by atoms with E-state index in [-0.39, 0.29) is 11.8 Å². The summed E-state index contributed by atoms with van der Waals surface area (Å²) in [6.07, 6.45) is 1.55. The van der Waals surface area contributed by atoms with Gasteiger partial charge in [0, 0.05) is 20.1 Å². The summed E-state index contributed by atoms with van der Waals surface area (Å²) in [6.45, 7) is 1.13. The molecule has 0 unspecified atom stereocenters. The number of carbonyl (C=O) groups excluding carboxylic acids is 1. The number of aryl methyl sites for hydroxylation is 1. The van der Waals surface area contributed by atoms with Crippen LogP contribution in [0, 0.1) is 0 Å². The molecule has 1 saturated heterocycles. The highest BCUT2D eigenvalue weighted by atomic mass is 32.2. The molecule has 10 nitrogen and oxygen atoms in total. The molecular weight excluding hydrogens is 334 g/mol. The zero-order valence-corrected chi connectivity index (χ0v) is 13.5. The Hall–Kier alpha value is -2.69. The van der Waals surface area contributed by atoms with Gasteiger partial charge in [0.15, 0.2) is 5.76 Å². The van der Waals surface area contributed by atoms with Crippen molar-refractivity contribution in [1.29, 1.82) is 0 Å². The first kappa shape index (κ1) is 14.9. The number of thioether (sulfide) groups is 1. The molecule has 124 valence electrons. The van der Waals surface area contributed by atoms with Gasteiger partial charge in [0.05, 0.1) is 17.9 Å². The molecule has 0 N–H and O–H groups in total. The second-order valence-corrected chi connectivity index (χ2v) is 6.25. The Bertz CT molecular complexity index is 838. The lowest BCUT2D eigenvalue weighted by Crippen LogP contribution is -2.49. The van der Waals surface area contributed by atoms with Crippen LogP contribution in [0.1, 0.15) is 11.8 Å². The Morgan fingerprint density at radius 2 is 2.33 bits per heavy atom. The molecule has 4 rings (SSSR count). The van der Waals surface area contributed by atoms with Crippen LogP contribution in [0.5, 0.6) is 0 Å². The molecule has 0 bridgehead atoms. The van der Waals surface area contributed by atoms with Crippen LogP contribution in [0.4, 0.5) is 0 Å². The minimum Gasteiger partial charge on any atom is -0.461 e. The molecule has 1 aliphatic rings. The summed E-state index contributed by atoms with van der Waals surface area (Å²) in [5.41, 5.74) is 0. The van der Waals surface area contributed by atoms with E-state index >= 15 is 0 Å². The molecule has 1 fully saturated rings. The molecule has 0 aromatic carbocycles. The largest absolute Gasteiger partial charge is 0.461 e. The predicted octanol–water partition coefficient (Wildman–Crippen LogP) is 0.571. The second-order valence-electron chi connectivity index (χ2n) is 5.30. The van der Waals surface area contributed by atoms with Crippen molar-refractivity contribution in [3.8, 4) is 11.6 Å². The van der Waals surface area contributed by atoms with Crippen molar-refractivity contribution in [2.45, 2.75) is 11.1 Å². The maximum absolute atomic E-state index is 12.1. The summed E-state index contributed by atoms with van der Waals surface area (Å²) in [5.74, 6) is 1.89. The van der Waals surface area contributed by atoms with Gasteiger partial charge in [-0.25, -0.2) is 4.68 Å². The lowest BCUT2D eigenvalue weighted by atomic mass is 10.0. The number of nitrogens with zero attached hydrogens (tertiary/aromatic N) is 7. The van der Waals surface area contributed by atoms with Gasteiger partial charge < -0.3 is 13.8 Å².